The zero-order valence-corrected chi connectivity index (χ0v) is 16.5. The van der Waals surface area contributed by atoms with Crippen LogP contribution in [0.25, 0.3) is 11.1 Å². The first-order valence-corrected chi connectivity index (χ1v) is 8.90. The fraction of sp³-hybridized carbons (Fsp3) is 0.217. The van der Waals surface area contributed by atoms with Gasteiger partial charge in [-0.1, -0.05) is 63.2 Å². The van der Waals surface area contributed by atoms with Crippen molar-refractivity contribution in [3.8, 4) is 0 Å². The number of carbonyl (C=O) groups is 1. The van der Waals surface area contributed by atoms with Crippen molar-refractivity contribution in [3.05, 3.63) is 88.7 Å². The number of rotatable bonds is 5. The van der Waals surface area contributed by atoms with Crippen LogP contribution in [-0.4, -0.2) is 11.3 Å². The Kier molecular flexibility index (Phi) is 6.33. The molecule has 0 amide bonds. The molecule has 0 bridgehead atoms. The molecule has 0 radical (unpaired) electrons. The molecule has 2 rings (SSSR count). The molecule has 2 nitrogen and oxygen atoms in total. The van der Waals surface area contributed by atoms with Gasteiger partial charge in [-0.3, -0.25) is 9.78 Å². The maximum absolute atomic E-state index is 10.9. The van der Waals surface area contributed by atoms with E-state index in [1.807, 2.05) is 25.3 Å². The summed E-state index contributed by atoms with van der Waals surface area (Å²) in [7, 11) is 0. The highest BCUT2D eigenvalue weighted by Gasteiger charge is 2.16. The zero-order chi connectivity index (χ0) is 19.3. The van der Waals surface area contributed by atoms with Crippen molar-refractivity contribution < 1.29 is 4.79 Å². The van der Waals surface area contributed by atoms with Crippen molar-refractivity contribution in [3.63, 3.8) is 0 Å². The van der Waals surface area contributed by atoms with Crippen LogP contribution in [0.3, 0.4) is 0 Å². The van der Waals surface area contributed by atoms with E-state index >= 15 is 0 Å². The maximum Gasteiger partial charge on any atom is 0.150 e. The monoisotopic (exact) mass is 365 g/mol. The molecule has 0 aliphatic rings. The molecule has 1 heterocycles. The van der Waals surface area contributed by atoms with Gasteiger partial charge in [0.05, 0.1) is 0 Å². The lowest BCUT2D eigenvalue weighted by atomic mass is 9.89. The third-order valence-electron chi connectivity index (χ3n) is 4.14. The molecule has 26 heavy (non-hydrogen) atoms. The van der Waals surface area contributed by atoms with Gasteiger partial charge >= 0.3 is 0 Å². The summed E-state index contributed by atoms with van der Waals surface area (Å²) in [5.74, 6) is 0. The average Bonchev–Trinajstić information content (AvgIpc) is 2.62. The molecule has 0 aliphatic heterocycles. The Morgan fingerprint density at radius 2 is 1.88 bits per heavy atom. The molecule has 0 N–H and O–H groups in total. The van der Waals surface area contributed by atoms with Crippen LogP contribution in [0.15, 0.2) is 61.3 Å². The summed E-state index contributed by atoms with van der Waals surface area (Å²) in [6, 6.07) is 9.38. The van der Waals surface area contributed by atoms with Gasteiger partial charge in [-0.15, -0.1) is 0 Å². The Balaban J connectivity index is 2.50. The van der Waals surface area contributed by atoms with E-state index in [2.05, 4.69) is 50.6 Å². The Bertz CT molecular complexity index is 885. The van der Waals surface area contributed by atoms with Gasteiger partial charge in [0.25, 0.3) is 0 Å². The standard InChI is InChI=1S/C23H24ClNO/c1-6-17(19-10-11-25-22(14-19)23(3,4)5)13-18(7-2)20-9-8-16(15-26)12-21(20)24/h6-15H,2H2,1,3-5H3/b17-6+,18-13+. The van der Waals surface area contributed by atoms with Crippen molar-refractivity contribution in [2.24, 2.45) is 0 Å². The molecule has 1 aromatic heterocycles. The number of benzene rings is 1. The van der Waals surface area contributed by atoms with E-state index in [4.69, 9.17) is 11.6 Å². The highest BCUT2D eigenvalue weighted by Crippen LogP contribution is 2.30. The van der Waals surface area contributed by atoms with E-state index in [-0.39, 0.29) is 5.41 Å². The van der Waals surface area contributed by atoms with Crippen LogP contribution in [0.4, 0.5) is 0 Å². The molecule has 0 saturated heterocycles. The minimum Gasteiger partial charge on any atom is -0.298 e. The number of hydrogen-bond donors (Lipinski definition) is 0. The fourth-order valence-electron chi connectivity index (χ4n) is 2.61. The summed E-state index contributed by atoms with van der Waals surface area (Å²) in [4.78, 5) is 15.4. The van der Waals surface area contributed by atoms with Crippen molar-refractivity contribution in [2.75, 3.05) is 0 Å². The van der Waals surface area contributed by atoms with Crippen molar-refractivity contribution in [1.29, 1.82) is 0 Å². The Labute approximate surface area is 160 Å². The van der Waals surface area contributed by atoms with Gasteiger partial charge in [0.2, 0.25) is 0 Å². The highest BCUT2D eigenvalue weighted by molar-refractivity contribution is 6.32. The second kappa shape index (κ2) is 8.29. The summed E-state index contributed by atoms with van der Waals surface area (Å²) >= 11 is 6.36. The summed E-state index contributed by atoms with van der Waals surface area (Å²) in [5, 5.41) is 0.529. The predicted octanol–water partition coefficient (Wildman–Crippen LogP) is 6.52. The van der Waals surface area contributed by atoms with Gasteiger partial charge in [-0.25, -0.2) is 0 Å². The van der Waals surface area contributed by atoms with Crippen molar-refractivity contribution in [2.45, 2.75) is 33.1 Å². The van der Waals surface area contributed by atoms with Gasteiger partial charge in [0, 0.05) is 33.5 Å². The van der Waals surface area contributed by atoms with Crippen LogP contribution in [0.2, 0.25) is 5.02 Å². The van der Waals surface area contributed by atoms with Crippen LogP contribution >= 0.6 is 11.6 Å². The van der Waals surface area contributed by atoms with Gasteiger partial charge in [-0.05, 0) is 47.9 Å². The molecular formula is C23H24ClNO. The fourth-order valence-corrected chi connectivity index (χ4v) is 2.90. The quantitative estimate of drug-likeness (QED) is 0.446. The van der Waals surface area contributed by atoms with E-state index in [0.29, 0.717) is 10.6 Å². The first-order valence-electron chi connectivity index (χ1n) is 8.52. The predicted molar refractivity (Wildman–Crippen MR) is 112 cm³/mol. The zero-order valence-electron chi connectivity index (χ0n) is 15.7. The maximum atomic E-state index is 10.9. The first-order chi connectivity index (χ1) is 12.3. The van der Waals surface area contributed by atoms with E-state index in [9.17, 15) is 4.79 Å². The number of allylic oxidation sites excluding steroid dienone is 5. The topological polar surface area (TPSA) is 30.0 Å². The van der Waals surface area contributed by atoms with Gasteiger partial charge in [0.15, 0.2) is 0 Å². The number of nitrogens with zero attached hydrogens (tertiary/aromatic N) is 1. The molecule has 2 aromatic rings. The molecule has 1 aromatic carbocycles. The molecule has 0 spiro atoms. The van der Waals surface area contributed by atoms with E-state index in [0.717, 1.165) is 34.3 Å². The van der Waals surface area contributed by atoms with Crippen LogP contribution in [-0.2, 0) is 5.41 Å². The Morgan fingerprint density at radius 1 is 1.15 bits per heavy atom. The van der Waals surface area contributed by atoms with Crippen LogP contribution < -0.4 is 0 Å². The van der Waals surface area contributed by atoms with Crippen LogP contribution in [0.1, 0.15) is 54.9 Å². The molecule has 0 atom stereocenters. The number of hydrogen-bond acceptors (Lipinski definition) is 2. The smallest absolute Gasteiger partial charge is 0.150 e. The number of aldehydes is 1. The Hall–Kier alpha value is -2.45. The molecular weight excluding hydrogens is 342 g/mol. The van der Waals surface area contributed by atoms with Gasteiger partial charge in [0.1, 0.15) is 6.29 Å². The average molecular weight is 366 g/mol. The minimum atomic E-state index is -0.0200. The van der Waals surface area contributed by atoms with E-state index in [1.54, 1.807) is 18.2 Å². The molecule has 0 saturated carbocycles. The summed E-state index contributed by atoms with van der Waals surface area (Å²) in [6.07, 6.45) is 8.51. The van der Waals surface area contributed by atoms with Crippen molar-refractivity contribution in [1.82, 2.24) is 4.98 Å². The van der Waals surface area contributed by atoms with E-state index < -0.39 is 0 Å². The minimum absolute atomic E-state index is 0.0200. The third kappa shape index (κ3) is 4.59. The Morgan fingerprint density at radius 3 is 2.42 bits per heavy atom. The highest BCUT2D eigenvalue weighted by atomic mass is 35.5. The van der Waals surface area contributed by atoms with Crippen molar-refractivity contribution >= 4 is 29.0 Å². The van der Waals surface area contributed by atoms with Crippen LogP contribution in [0, 0.1) is 0 Å². The largest absolute Gasteiger partial charge is 0.298 e. The number of aromatic nitrogens is 1. The summed E-state index contributed by atoms with van der Waals surface area (Å²) < 4.78 is 0. The molecule has 3 heteroatoms. The lowest BCUT2D eigenvalue weighted by Gasteiger charge is -2.18. The van der Waals surface area contributed by atoms with Gasteiger partial charge in [-0.2, -0.15) is 0 Å². The molecule has 0 fully saturated rings. The summed E-state index contributed by atoms with van der Waals surface area (Å²) in [6.45, 7) is 12.4. The molecule has 134 valence electrons. The number of carbonyl (C=O) groups excluding carboxylic acids is 1. The lowest BCUT2D eigenvalue weighted by Crippen LogP contribution is -2.13. The molecule has 0 aliphatic carbocycles. The first kappa shape index (κ1) is 19.9. The lowest BCUT2D eigenvalue weighted by molar-refractivity contribution is 0.112. The second-order valence-electron chi connectivity index (χ2n) is 7.08. The van der Waals surface area contributed by atoms with E-state index in [1.165, 1.54) is 0 Å². The number of pyridine rings is 1. The SMILES string of the molecule is C=C/C(=C\C(=C/C)c1ccnc(C(C)(C)C)c1)c1ccc(C=O)cc1Cl. The number of halogens is 1. The summed E-state index contributed by atoms with van der Waals surface area (Å²) in [5.41, 5.74) is 5.46. The second-order valence-corrected chi connectivity index (χ2v) is 7.49. The van der Waals surface area contributed by atoms with Crippen LogP contribution in [0.5, 0.6) is 0 Å². The normalized spacial score (nSPS) is 12.8. The van der Waals surface area contributed by atoms with Gasteiger partial charge < -0.3 is 0 Å². The molecule has 0 unspecified atom stereocenters. The third-order valence-corrected chi connectivity index (χ3v) is 4.46.